The normalized spacial score (nSPS) is 25.4. The Hall–Kier alpha value is -3.80. The Balaban J connectivity index is 1.45. The van der Waals surface area contributed by atoms with Crippen molar-refractivity contribution in [1.82, 2.24) is 9.88 Å². The van der Waals surface area contributed by atoms with E-state index in [4.69, 9.17) is 21.1 Å². The Morgan fingerprint density at radius 3 is 2.59 bits per heavy atom. The summed E-state index contributed by atoms with van der Waals surface area (Å²) in [4.78, 5) is 20.3. The van der Waals surface area contributed by atoms with Crippen molar-refractivity contribution in [2.45, 2.75) is 30.5 Å². The van der Waals surface area contributed by atoms with E-state index in [9.17, 15) is 4.79 Å². The van der Waals surface area contributed by atoms with Crippen LogP contribution >= 0.6 is 11.6 Å². The third-order valence-electron chi connectivity index (χ3n) is 9.14. The molecule has 194 valence electrons. The quantitative estimate of drug-likeness (QED) is 0.248. The topological polar surface area (TPSA) is 54.6 Å². The van der Waals surface area contributed by atoms with Crippen LogP contribution in [0.1, 0.15) is 40.9 Å². The SMILES string of the molecule is COC(=O)[C@]12Cc3c([nH]c4ccccc34)[C@@H](c3ccc(Cl)cc3)N1[C@@H]1c3c(ccc4ccccc34)OC[C@@H]1C2. The number of fused-ring (bicyclic) bond motifs is 10. The van der Waals surface area contributed by atoms with Crippen LogP contribution < -0.4 is 4.74 Å². The van der Waals surface area contributed by atoms with Gasteiger partial charge in [-0.25, -0.2) is 0 Å². The summed E-state index contributed by atoms with van der Waals surface area (Å²) in [6, 6.07) is 28.9. The van der Waals surface area contributed by atoms with Gasteiger partial charge >= 0.3 is 5.97 Å². The minimum Gasteiger partial charge on any atom is -0.493 e. The van der Waals surface area contributed by atoms with Crippen molar-refractivity contribution in [3.05, 3.63) is 112 Å². The van der Waals surface area contributed by atoms with Crippen LogP contribution in [0.2, 0.25) is 5.02 Å². The lowest BCUT2D eigenvalue weighted by Gasteiger charge is -2.48. The fourth-order valence-electron chi connectivity index (χ4n) is 7.64. The molecule has 1 aromatic heterocycles. The summed E-state index contributed by atoms with van der Waals surface area (Å²) in [7, 11) is 1.51. The van der Waals surface area contributed by atoms with Crippen LogP contribution in [-0.2, 0) is 16.0 Å². The molecule has 0 spiro atoms. The highest BCUT2D eigenvalue weighted by molar-refractivity contribution is 6.30. The van der Waals surface area contributed by atoms with E-state index in [2.05, 4.69) is 82.7 Å². The van der Waals surface area contributed by atoms with E-state index in [0.717, 1.165) is 33.5 Å². The molecule has 0 saturated carbocycles. The van der Waals surface area contributed by atoms with Gasteiger partial charge in [0.1, 0.15) is 11.3 Å². The van der Waals surface area contributed by atoms with Gasteiger partial charge in [-0.2, -0.15) is 0 Å². The smallest absolute Gasteiger partial charge is 0.326 e. The molecule has 4 atom stereocenters. The summed E-state index contributed by atoms with van der Waals surface area (Å²) >= 11 is 6.36. The monoisotopic (exact) mass is 534 g/mol. The van der Waals surface area contributed by atoms with E-state index in [0.29, 0.717) is 24.5 Å². The molecule has 4 heterocycles. The van der Waals surface area contributed by atoms with Gasteiger partial charge in [-0.1, -0.05) is 72.3 Å². The second-order valence-electron chi connectivity index (χ2n) is 11.0. The number of methoxy groups -OCH3 is 1. The van der Waals surface area contributed by atoms with Gasteiger partial charge in [-0.05, 0) is 52.6 Å². The molecular weight excluding hydrogens is 508 g/mol. The second-order valence-corrected chi connectivity index (χ2v) is 11.5. The Morgan fingerprint density at radius 1 is 1.00 bits per heavy atom. The second kappa shape index (κ2) is 8.35. The highest BCUT2D eigenvalue weighted by Crippen LogP contribution is 2.61. The highest BCUT2D eigenvalue weighted by Gasteiger charge is 2.64. The van der Waals surface area contributed by atoms with Gasteiger partial charge in [0.25, 0.3) is 0 Å². The maximum Gasteiger partial charge on any atom is 0.326 e. The standard InChI is InChI=1S/C33H27ClN2O3/c1-38-32(37)33-16-21-18-39-27-15-12-19-6-2-3-7-23(19)28(27)30(21)36(33)31(20-10-13-22(34)14-11-20)29-25(17-33)24-8-4-5-9-26(24)35-29/h2-15,21,30-31,35H,16-18H2,1H3/t21-,30-,31+,33-/m0/s1. The molecule has 8 rings (SSSR count). The predicted octanol–water partition coefficient (Wildman–Crippen LogP) is 6.99. The lowest BCUT2D eigenvalue weighted by atomic mass is 9.79. The Kier molecular flexibility index (Phi) is 4.95. The van der Waals surface area contributed by atoms with Crippen LogP contribution in [0.15, 0.2) is 84.9 Å². The number of esters is 1. The summed E-state index contributed by atoms with van der Waals surface area (Å²) in [5, 5.41) is 4.18. The average molecular weight is 535 g/mol. The van der Waals surface area contributed by atoms with Gasteiger partial charge in [0, 0.05) is 45.6 Å². The number of H-pyrrole nitrogens is 1. The van der Waals surface area contributed by atoms with E-state index in [1.165, 1.54) is 23.4 Å². The van der Waals surface area contributed by atoms with Crippen molar-refractivity contribution < 1.29 is 14.3 Å². The Morgan fingerprint density at radius 2 is 1.77 bits per heavy atom. The first-order valence-corrected chi connectivity index (χ1v) is 13.8. The summed E-state index contributed by atoms with van der Waals surface area (Å²) in [6.45, 7) is 0.563. The van der Waals surface area contributed by atoms with Gasteiger partial charge in [0.15, 0.2) is 0 Å². The van der Waals surface area contributed by atoms with Crippen LogP contribution in [0.4, 0.5) is 0 Å². The molecule has 39 heavy (non-hydrogen) atoms. The van der Waals surface area contributed by atoms with Crippen molar-refractivity contribution in [1.29, 1.82) is 0 Å². The molecule has 4 aromatic carbocycles. The summed E-state index contributed by atoms with van der Waals surface area (Å²) in [6.07, 6.45) is 1.24. The number of nitrogens with one attached hydrogen (secondary N) is 1. The van der Waals surface area contributed by atoms with Gasteiger partial charge < -0.3 is 14.5 Å². The van der Waals surface area contributed by atoms with Gasteiger partial charge in [0.2, 0.25) is 0 Å². The Bertz CT molecular complexity index is 1780. The molecule has 1 N–H and O–H groups in total. The number of carbonyl (C=O) groups is 1. The van der Waals surface area contributed by atoms with E-state index in [-0.39, 0.29) is 24.0 Å². The van der Waals surface area contributed by atoms with Crippen LogP contribution in [-0.4, -0.2) is 35.1 Å². The predicted molar refractivity (Wildman–Crippen MR) is 152 cm³/mol. The summed E-state index contributed by atoms with van der Waals surface area (Å²) in [5.74, 6) is 0.842. The summed E-state index contributed by atoms with van der Waals surface area (Å²) < 4.78 is 12.0. The van der Waals surface area contributed by atoms with Crippen LogP contribution in [0, 0.1) is 5.92 Å². The third kappa shape index (κ3) is 3.14. The number of nitrogens with zero attached hydrogens (tertiary/aromatic N) is 1. The minimum absolute atomic E-state index is 0.0285. The van der Waals surface area contributed by atoms with E-state index in [1.807, 2.05) is 12.1 Å². The molecule has 1 saturated heterocycles. The number of hydrogen-bond acceptors (Lipinski definition) is 4. The highest BCUT2D eigenvalue weighted by atomic mass is 35.5. The average Bonchev–Trinajstić information content (AvgIpc) is 3.52. The first kappa shape index (κ1) is 23.1. The zero-order valence-corrected chi connectivity index (χ0v) is 22.2. The molecule has 0 bridgehead atoms. The molecule has 0 unspecified atom stereocenters. The molecule has 0 aliphatic carbocycles. The first-order valence-electron chi connectivity index (χ1n) is 13.5. The van der Waals surface area contributed by atoms with Crippen molar-refractivity contribution in [3.63, 3.8) is 0 Å². The molecule has 5 aromatic rings. The number of ether oxygens (including phenoxy) is 2. The summed E-state index contributed by atoms with van der Waals surface area (Å²) in [5.41, 5.74) is 4.81. The van der Waals surface area contributed by atoms with Gasteiger partial charge in [-0.15, -0.1) is 0 Å². The fraction of sp³-hybridized carbons (Fsp3) is 0.242. The molecule has 0 amide bonds. The van der Waals surface area contributed by atoms with E-state index >= 15 is 0 Å². The number of carbonyl (C=O) groups excluding carboxylic acids is 1. The van der Waals surface area contributed by atoms with Crippen molar-refractivity contribution >= 4 is 39.2 Å². The van der Waals surface area contributed by atoms with Crippen molar-refractivity contribution in [2.24, 2.45) is 5.92 Å². The Labute approximate surface area is 231 Å². The van der Waals surface area contributed by atoms with Gasteiger partial charge in [-0.3, -0.25) is 9.69 Å². The fourth-order valence-corrected chi connectivity index (χ4v) is 7.77. The first-order chi connectivity index (χ1) is 19.1. The molecule has 3 aliphatic rings. The number of benzene rings is 4. The van der Waals surface area contributed by atoms with Crippen molar-refractivity contribution in [3.8, 4) is 5.75 Å². The van der Waals surface area contributed by atoms with E-state index in [1.54, 1.807) is 0 Å². The lowest BCUT2D eigenvalue weighted by molar-refractivity contribution is -0.156. The zero-order chi connectivity index (χ0) is 26.3. The number of halogens is 1. The molecule has 1 fully saturated rings. The maximum absolute atomic E-state index is 14.1. The van der Waals surface area contributed by atoms with Crippen LogP contribution in [0.3, 0.4) is 0 Å². The largest absolute Gasteiger partial charge is 0.493 e. The molecule has 3 aliphatic heterocycles. The number of rotatable bonds is 2. The van der Waals surface area contributed by atoms with Gasteiger partial charge in [0.05, 0.1) is 19.8 Å². The van der Waals surface area contributed by atoms with Crippen molar-refractivity contribution in [2.75, 3.05) is 13.7 Å². The molecule has 5 nitrogen and oxygen atoms in total. The number of aromatic nitrogens is 1. The third-order valence-corrected chi connectivity index (χ3v) is 9.39. The van der Waals surface area contributed by atoms with E-state index < -0.39 is 5.54 Å². The lowest BCUT2D eigenvalue weighted by Crippen LogP contribution is -2.57. The number of para-hydroxylation sites is 1. The van der Waals surface area contributed by atoms with Crippen LogP contribution in [0.5, 0.6) is 5.75 Å². The molecule has 6 heteroatoms. The van der Waals surface area contributed by atoms with Crippen LogP contribution in [0.25, 0.3) is 21.7 Å². The molecular formula is C33H27ClN2O3. The number of hydrogen-bond donors (Lipinski definition) is 1. The number of aromatic amines is 1. The zero-order valence-electron chi connectivity index (χ0n) is 21.5. The molecule has 0 radical (unpaired) electrons. The minimum atomic E-state index is -0.839. The maximum atomic E-state index is 14.1.